The van der Waals surface area contributed by atoms with Gasteiger partial charge in [0.1, 0.15) is 0 Å². The molecule has 0 bridgehead atoms. The second-order valence-corrected chi connectivity index (χ2v) is 6.13. The molecule has 2 aliphatic heterocycles. The van der Waals surface area contributed by atoms with Crippen LogP contribution in [0.2, 0.25) is 0 Å². The summed E-state index contributed by atoms with van der Waals surface area (Å²) in [5, 5.41) is 0. The van der Waals surface area contributed by atoms with Crippen molar-refractivity contribution < 1.29 is 23.7 Å². The summed E-state index contributed by atoms with van der Waals surface area (Å²) in [6, 6.07) is 7.91. The third-order valence-corrected chi connectivity index (χ3v) is 4.94. The predicted octanol–water partition coefficient (Wildman–Crippen LogP) is 2.46. The van der Waals surface area contributed by atoms with Gasteiger partial charge in [-0.15, -0.1) is 0 Å². The van der Waals surface area contributed by atoms with Gasteiger partial charge in [-0.05, 0) is 23.8 Å². The first kappa shape index (κ1) is 16.7. The highest BCUT2D eigenvalue weighted by Crippen LogP contribution is 2.50. The lowest BCUT2D eigenvalue weighted by Crippen LogP contribution is -2.27. The molecule has 1 atom stereocenters. The molecule has 2 N–H and O–H groups in total. The first-order valence-electron chi connectivity index (χ1n) is 8.39. The first-order chi connectivity index (χ1) is 12.7. The summed E-state index contributed by atoms with van der Waals surface area (Å²) < 4.78 is 27.6. The fraction of sp³-hybridized carbons (Fsp3) is 0.368. The molecule has 7 nitrogen and oxygen atoms in total. The molecule has 1 unspecified atom stereocenters. The Morgan fingerprint density at radius 1 is 1.04 bits per heavy atom. The molecule has 0 radical (unpaired) electrons. The van der Waals surface area contributed by atoms with Crippen LogP contribution in [-0.4, -0.2) is 34.7 Å². The Balaban J connectivity index is 1.80. The van der Waals surface area contributed by atoms with E-state index in [1.807, 2.05) is 24.3 Å². The van der Waals surface area contributed by atoms with Gasteiger partial charge in [0.25, 0.3) is 0 Å². The number of anilines is 1. The highest BCUT2D eigenvalue weighted by molar-refractivity contribution is 5.67. The molecule has 2 aromatic rings. The molecule has 0 saturated carbocycles. The first-order valence-corrected chi connectivity index (χ1v) is 8.39. The van der Waals surface area contributed by atoms with Crippen molar-refractivity contribution in [3.63, 3.8) is 0 Å². The molecule has 7 heteroatoms. The number of ether oxygens (including phenoxy) is 5. The van der Waals surface area contributed by atoms with E-state index in [9.17, 15) is 0 Å². The zero-order valence-electron chi connectivity index (χ0n) is 15.1. The topological polar surface area (TPSA) is 75.4 Å². The third kappa shape index (κ3) is 2.39. The van der Waals surface area contributed by atoms with E-state index in [0.29, 0.717) is 30.3 Å². The predicted molar refractivity (Wildman–Crippen MR) is 96.6 cm³/mol. The lowest BCUT2D eigenvalue weighted by atomic mass is 10.0. The van der Waals surface area contributed by atoms with Gasteiger partial charge in [0, 0.05) is 30.4 Å². The monoisotopic (exact) mass is 358 g/mol. The van der Waals surface area contributed by atoms with Crippen molar-refractivity contribution in [3.8, 4) is 28.7 Å². The Morgan fingerprint density at radius 3 is 2.50 bits per heavy atom. The molecular weight excluding hydrogens is 336 g/mol. The standard InChI is InChI=1S/C19H22N2O5/c1-22-17-7-12-13(18(23-2)19(17)24-3)9-21(14(12)8-20)11-4-5-15-16(6-11)26-10-25-15/h4-7,14H,8-10,20H2,1-3H3. The van der Waals surface area contributed by atoms with Gasteiger partial charge in [0.05, 0.1) is 27.4 Å². The van der Waals surface area contributed by atoms with Gasteiger partial charge in [-0.1, -0.05) is 0 Å². The van der Waals surface area contributed by atoms with Crippen LogP contribution in [-0.2, 0) is 6.54 Å². The van der Waals surface area contributed by atoms with Crippen molar-refractivity contribution in [1.82, 2.24) is 0 Å². The lowest BCUT2D eigenvalue weighted by Gasteiger charge is -2.26. The summed E-state index contributed by atoms with van der Waals surface area (Å²) in [6.07, 6.45) is 0. The Bertz CT molecular complexity index is 839. The van der Waals surface area contributed by atoms with E-state index in [1.165, 1.54) is 0 Å². The largest absolute Gasteiger partial charge is 0.493 e. The van der Waals surface area contributed by atoms with Crippen LogP contribution in [0, 0.1) is 0 Å². The van der Waals surface area contributed by atoms with Crippen LogP contribution >= 0.6 is 0 Å². The molecule has 138 valence electrons. The highest BCUT2D eigenvalue weighted by atomic mass is 16.7. The van der Waals surface area contributed by atoms with Gasteiger partial charge in [-0.3, -0.25) is 0 Å². The molecule has 2 aromatic carbocycles. The van der Waals surface area contributed by atoms with Crippen LogP contribution in [0.15, 0.2) is 24.3 Å². The minimum absolute atomic E-state index is 0.000854. The number of nitrogens with two attached hydrogens (primary N) is 1. The van der Waals surface area contributed by atoms with Gasteiger partial charge in [-0.25, -0.2) is 0 Å². The number of nitrogens with zero attached hydrogens (tertiary/aromatic N) is 1. The van der Waals surface area contributed by atoms with Crippen molar-refractivity contribution in [2.45, 2.75) is 12.6 Å². The number of methoxy groups -OCH3 is 3. The number of benzene rings is 2. The van der Waals surface area contributed by atoms with Crippen LogP contribution in [0.25, 0.3) is 0 Å². The minimum atomic E-state index is -0.000854. The van der Waals surface area contributed by atoms with Crippen molar-refractivity contribution in [2.75, 3.05) is 39.6 Å². The van der Waals surface area contributed by atoms with E-state index >= 15 is 0 Å². The second-order valence-electron chi connectivity index (χ2n) is 6.13. The van der Waals surface area contributed by atoms with Crippen LogP contribution in [0.3, 0.4) is 0 Å². The van der Waals surface area contributed by atoms with E-state index in [0.717, 1.165) is 28.3 Å². The molecule has 0 fully saturated rings. The van der Waals surface area contributed by atoms with Crippen LogP contribution in [0.1, 0.15) is 17.2 Å². The van der Waals surface area contributed by atoms with E-state index in [4.69, 9.17) is 29.4 Å². The fourth-order valence-electron chi connectivity index (χ4n) is 3.73. The quantitative estimate of drug-likeness (QED) is 0.880. The Morgan fingerprint density at radius 2 is 1.81 bits per heavy atom. The number of hydrogen-bond acceptors (Lipinski definition) is 7. The minimum Gasteiger partial charge on any atom is -0.493 e. The van der Waals surface area contributed by atoms with Gasteiger partial charge >= 0.3 is 0 Å². The van der Waals surface area contributed by atoms with Gasteiger partial charge < -0.3 is 34.3 Å². The summed E-state index contributed by atoms with van der Waals surface area (Å²) in [6.45, 7) is 1.36. The molecule has 26 heavy (non-hydrogen) atoms. The number of fused-ring (bicyclic) bond motifs is 2. The van der Waals surface area contributed by atoms with Crippen molar-refractivity contribution >= 4 is 5.69 Å². The molecule has 0 saturated heterocycles. The molecule has 2 aliphatic rings. The zero-order chi connectivity index (χ0) is 18.3. The lowest BCUT2D eigenvalue weighted by molar-refractivity contribution is 0.174. The van der Waals surface area contributed by atoms with Crippen molar-refractivity contribution in [1.29, 1.82) is 0 Å². The summed E-state index contributed by atoms with van der Waals surface area (Å²) >= 11 is 0. The van der Waals surface area contributed by atoms with Crippen LogP contribution in [0.4, 0.5) is 5.69 Å². The highest BCUT2D eigenvalue weighted by Gasteiger charge is 2.35. The fourth-order valence-corrected chi connectivity index (χ4v) is 3.73. The molecule has 4 rings (SSSR count). The van der Waals surface area contributed by atoms with Gasteiger partial charge in [0.15, 0.2) is 23.0 Å². The molecule has 0 amide bonds. The van der Waals surface area contributed by atoms with E-state index < -0.39 is 0 Å². The average molecular weight is 358 g/mol. The molecule has 2 heterocycles. The Labute approximate surface area is 152 Å². The average Bonchev–Trinajstić information content (AvgIpc) is 3.29. The van der Waals surface area contributed by atoms with Crippen LogP contribution in [0.5, 0.6) is 28.7 Å². The normalized spacial score (nSPS) is 17.2. The van der Waals surface area contributed by atoms with E-state index in [-0.39, 0.29) is 12.8 Å². The smallest absolute Gasteiger partial charge is 0.231 e. The summed E-state index contributed by atoms with van der Waals surface area (Å²) in [4.78, 5) is 2.23. The maximum atomic E-state index is 6.13. The Kier molecular flexibility index (Phi) is 4.16. The number of rotatable bonds is 5. The summed E-state index contributed by atoms with van der Waals surface area (Å²) in [5.41, 5.74) is 9.28. The molecule has 0 spiro atoms. The Hall–Kier alpha value is -2.80. The number of hydrogen-bond donors (Lipinski definition) is 1. The molecule has 0 aliphatic carbocycles. The maximum absolute atomic E-state index is 6.13. The van der Waals surface area contributed by atoms with Gasteiger partial charge in [-0.2, -0.15) is 0 Å². The second kappa shape index (κ2) is 6.49. The van der Waals surface area contributed by atoms with Gasteiger partial charge in [0.2, 0.25) is 12.5 Å². The third-order valence-electron chi connectivity index (χ3n) is 4.94. The summed E-state index contributed by atoms with van der Waals surface area (Å²) in [5.74, 6) is 3.42. The van der Waals surface area contributed by atoms with E-state index in [2.05, 4.69) is 4.90 Å². The van der Waals surface area contributed by atoms with Crippen molar-refractivity contribution in [3.05, 3.63) is 35.4 Å². The SMILES string of the molecule is COc1cc2c(c(OC)c1OC)CN(c1ccc3c(c1)OCO3)C2CN. The van der Waals surface area contributed by atoms with E-state index in [1.54, 1.807) is 21.3 Å². The summed E-state index contributed by atoms with van der Waals surface area (Å²) in [7, 11) is 4.86. The molecule has 0 aromatic heterocycles. The zero-order valence-corrected chi connectivity index (χ0v) is 15.1. The molecular formula is C19H22N2O5. The van der Waals surface area contributed by atoms with Crippen molar-refractivity contribution in [2.24, 2.45) is 5.73 Å². The maximum Gasteiger partial charge on any atom is 0.231 e. The van der Waals surface area contributed by atoms with Crippen LogP contribution < -0.4 is 34.3 Å².